The van der Waals surface area contributed by atoms with Gasteiger partial charge in [-0.1, -0.05) is 51.8 Å². The summed E-state index contributed by atoms with van der Waals surface area (Å²) in [6.45, 7) is -0.0966. The lowest BCUT2D eigenvalue weighted by Crippen LogP contribution is -2.33. The van der Waals surface area contributed by atoms with E-state index in [1.807, 2.05) is 24.3 Å². The average molecular weight is 382 g/mol. The van der Waals surface area contributed by atoms with E-state index in [1.54, 1.807) is 24.3 Å². The molecule has 0 heterocycles. The highest BCUT2D eigenvalue weighted by Crippen LogP contribution is 2.20. The Labute approximate surface area is 142 Å². The van der Waals surface area contributed by atoms with Gasteiger partial charge in [0.15, 0.2) is 0 Å². The Morgan fingerprint density at radius 2 is 1.68 bits per heavy atom. The molecule has 0 aliphatic rings. The zero-order chi connectivity index (χ0) is 15.9. The average Bonchev–Trinajstić information content (AvgIpc) is 2.50. The lowest BCUT2D eigenvalue weighted by molar-refractivity contribution is -0.123. The van der Waals surface area contributed by atoms with Gasteiger partial charge in [-0.2, -0.15) is 0 Å². The summed E-state index contributed by atoms with van der Waals surface area (Å²) in [4.78, 5) is 23.6. The minimum Gasteiger partial charge on any atom is -0.347 e. The molecular formula is C16H14BrClN2O2. The van der Waals surface area contributed by atoms with E-state index < -0.39 is 0 Å². The molecule has 0 saturated carbocycles. The van der Waals surface area contributed by atoms with Crippen LogP contribution in [0.15, 0.2) is 53.0 Å². The molecule has 0 atom stereocenters. The topological polar surface area (TPSA) is 58.2 Å². The fourth-order valence-electron chi connectivity index (χ4n) is 1.79. The maximum Gasteiger partial charge on any atom is 0.243 e. The van der Waals surface area contributed by atoms with Crippen molar-refractivity contribution in [1.82, 2.24) is 5.32 Å². The first kappa shape index (κ1) is 16.5. The van der Waals surface area contributed by atoms with Gasteiger partial charge in [0.25, 0.3) is 0 Å². The molecule has 0 aliphatic carbocycles. The van der Waals surface area contributed by atoms with Gasteiger partial charge in [-0.3, -0.25) is 9.59 Å². The normalized spacial score (nSPS) is 10.1. The van der Waals surface area contributed by atoms with Gasteiger partial charge in [0.05, 0.1) is 23.7 Å². The summed E-state index contributed by atoms with van der Waals surface area (Å²) in [5.41, 5.74) is 1.41. The summed E-state index contributed by atoms with van der Waals surface area (Å²) < 4.78 is 0.954. The fraction of sp³-hybridized carbons (Fsp3) is 0.125. The van der Waals surface area contributed by atoms with Crippen molar-refractivity contribution in [1.29, 1.82) is 0 Å². The van der Waals surface area contributed by atoms with Crippen molar-refractivity contribution >= 4 is 45.0 Å². The monoisotopic (exact) mass is 380 g/mol. The van der Waals surface area contributed by atoms with Gasteiger partial charge in [-0.25, -0.2) is 0 Å². The SMILES string of the molecule is O=C(Cc1ccc(Br)cc1)NCC(=O)Nc1ccccc1Cl. The van der Waals surface area contributed by atoms with Crippen molar-refractivity contribution in [3.63, 3.8) is 0 Å². The van der Waals surface area contributed by atoms with Gasteiger partial charge in [0, 0.05) is 4.47 Å². The van der Waals surface area contributed by atoms with Crippen LogP contribution in [0.3, 0.4) is 0 Å². The molecule has 0 aliphatic heterocycles. The Hall–Kier alpha value is -1.85. The molecule has 0 radical (unpaired) electrons. The largest absolute Gasteiger partial charge is 0.347 e. The molecule has 2 rings (SSSR count). The van der Waals surface area contributed by atoms with Crippen LogP contribution in [0, 0.1) is 0 Å². The smallest absolute Gasteiger partial charge is 0.243 e. The molecule has 114 valence electrons. The molecule has 0 fully saturated rings. The standard InChI is InChI=1S/C16H14BrClN2O2/c17-12-7-5-11(6-8-12)9-15(21)19-10-16(22)20-14-4-2-1-3-13(14)18/h1-8H,9-10H2,(H,19,21)(H,20,22). The predicted molar refractivity (Wildman–Crippen MR) is 90.9 cm³/mol. The van der Waals surface area contributed by atoms with Crippen LogP contribution in [0.4, 0.5) is 5.69 Å². The van der Waals surface area contributed by atoms with Crippen LogP contribution in [0.2, 0.25) is 5.02 Å². The number of anilines is 1. The zero-order valence-corrected chi connectivity index (χ0v) is 13.9. The van der Waals surface area contributed by atoms with E-state index in [0.29, 0.717) is 10.7 Å². The third kappa shape index (κ3) is 5.16. The lowest BCUT2D eigenvalue weighted by Gasteiger charge is -2.08. The second kappa shape index (κ2) is 7.96. The highest BCUT2D eigenvalue weighted by Gasteiger charge is 2.08. The van der Waals surface area contributed by atoms with Gasteiger partial charge in [-0.05, 0) is 29.8 Å². The molecule has 2 amide bonds. The third-order valence-electron chi connectivity index (χ3n) is 2.87. The highest BCUT2D eigenvalue weighted by molar-refractivity contribution is 9.10. The Morgan fingerprint density at radius 1 is 1.00 bits per heavy atom. The van der Waals surface area contributed by atoms with E-state index in [1.165, 1.54) is 0 Å². The maximum atomic E-state index is 11.8. The number of carbonyl (C=O) groups is 2. The van der Waals surface area contributed by atoms with Crippen molar-refractivity contribution in [2.45, 2.75) is 6.42 Å². The van der Waals surface area contributed by atoms with Crippen LogP contribution >= 0.6 is 27.5 Å². The molecule has 4 nitrogen and oxygen atoms in total. The first-order valence-electron chi connectivity index (χ1n) is 6.60. The molecule has 2 aromatic carbocycles. The van der Waals surface area contributed by atoms with Crippen LogP contribution in [-0.4, -0.2) is 18.4 Å². The Morgan fingerprint density at radius 3 is 2.36 bits per heavy atom. The zero-order valence-electron chi connectivity index (χ0n) is 11.6. The van der Waals surface area contributed by atoms with Crippen molar-refractivity contribution < 1.29 is 9.59 Å². The number of para-hydroxylation sites is 1. The summed E-state index contributed by atoms with van der Waals surface area (Å²) in [5.74, 6) is -0.533. The minimum atomic E-state index is -0.322. The number of amides is 2. The first-order chi connectivity index (χ1) is 10.5. The van der Waals surface area contributed by atoms with E-state index in [2.05, 4.69) is 26.6 Å². The van der Waals surface area contributed by atoms with Crippen molar-refractivity contribution in [2.24, 2.45) is 0 Å². The second-order valence-electron chi connectivity index (χ2n) is 4.61. The van der Waals surface area contributed by atoms with E-state index in [0.717, 1.165) is 10.0 Å². The molecule has 0 spiro atoms. The molecular weight excluding hydrogens is 368 g/mol. The molecule has 0 aromatic heterocycles. The number of hydrogen-bond acceptors (Lipinski definition) is 2. The first-order valence-corrected chi connectivity index (χ1v) is 7.77. The predicted octanol–water partition coefficient (Wildman–Crippen LogP) is 3.40. The number of nitrogens with one attached hydrogen (secondary N) is 2. The Kier molecular flexibility index (Phi) is 5.98. The minimum absolute atomic E-state index is 0.0966. The van der Waals surface area contributed by atoms with Crippen LogP contribution in [0.1, 0.15) is 5.56 Å². The molecule has 0 bridgehead atoms. The van der Waals surface area contributed by atoms with Crippen molar-refractivity contribution in [3.05, 3.63) is 63.6 Å². The van der Waals surface area contributed by atoms with Crippen LogP contribution in [0.25, 0.3) is 0 Å². The van der Waals surface area contributed by atoms with Crippen LogP contribution in [0.5, 0.6) is 0 Å². The molecule has 6 heteroatoms. The quantitative estimate of drug-likeness (QED) is 0.834. The van der Waals surface area contributed by atoms with Gasteiger partial charge < -0.3 is 10.6 Å². The summed E-state index contributed by atoms with van der Waals surface area (Å²) in [6.07, 6.45) is 0.229. The molecule has 0 unspecified atom stereocenters. The lowest BCUT2D eigenvalue weighted by atomic mass is 10.1. The van der Waals surface area contributed by atoms with Gasteiger partial charge in [0.1, 0.15) is 0 Å². The van der Waals surface area contributed by atoms with E-state index in [9.17, 15) is 9.59 Å². The van der Waals surface area contributed by atoms with E-state index in [-0.39, 0.29) is 24.8 Å². The molecule has 2 aromatic rings. The Balaban J connectivity index is 1.79. The van der Waals surface area contributed by atoms with Crippen molar-refractivity contribution in [2.75, 3.05) is 11.9 Å². The summed E-state index contributed by atoms with van der Waals surface area (Å²) >= 11 is 9.28. The number of benzene rings is 2. The third-order valence-corrected chi connectivity index (χ3v) is 3.73. The summed E-state index contributed by atoms with van der Waals surface area (Å²) in [7, 11) is 0. The number of halogens is 2. The van der Waals surface area contributed by atoms with Gasteiger partial charge in [0.2, 0.25) is 11.8 Å². The molecule has 2 N–H and O–H groups in total. The second-order valence-corrected chi connectivity index (χ2v) is 5.93. The molecule has 22 heavy (non-hydrogen) atoms. The summed E-state index contributed by atoms with van der Waals surface area (Å²) in [6, 6.07) is 14.4. The van der Waals surface area contributed by atoms with Crippen LogP contribution < -0.4 is 10.6 Å². The summed E-state index contributed by atoms with van der Waals surface area (Å²) in [5, 5.41) is 5.68. The maximum absolute atomic E-state index is 11.8. The van der Waals surface area contributed by atoms with Gasteiger partial charge >= 0.3 is 0 Å². The Bertz CT molecular complexity index is 674. The number of carbonyl (C=O) groups excluding carboxylic acids is 2. The number of rotatable bonds is 5. The highest BCUT2D eigenvalue weighted by atomic mass is 79.9. The molecule has 0 saturated heterocycles. The van der Waals surface area contributed by atoms with E-state index >= 15 is 0 Å². The fourth-order valence-corrected chi connectivity index (χ4v) is 2.23. The van der Waals surface area contributed by atoms with Gasteiger partial charge in [-0.15, -0.1) is 0 Å². The van der Waals surface area contributed by atoms with Crippen LogP contribution in [-0.2, 0) is 16.0 Å². The van der Waals surface area contributed by atoms with Crippen molar-refractivity contribution in [3.8, 4) is 0 Å². The number of hydrogen-bond donors (Lipinski definition) is 2. The van der Waals surface area contributed by atoms with E-state index in [4.69, 9.17) is 11.6 Å².